The van der Waals surface area contributed by atoms with E-state index in [1.54, 1.807) is 11.0 Å². The molecule has 4 N–H and O–H groups in total. The van der Waals surface area contributed by atoms with Gasteiger partial charge >= 0.3 is 0 Å². The number of nitrogens with one attached hydrogen (secondary N) is 3. The van der Waals surface area contributed by atoms with Crippen LogP contribution >= 0.6 is 0 Å². The number of hydrogen-bond donors (Lipinski definition) is 4. The molecule has 46 heavy (non-hydrogen) atoms. The molecule has 0 spiro atoms. The molecule has 4 amide bonds. The molecule has 256 valence electrons. The SMILES string of the molecule is C=C[C@H](Cc1ccccc1)C(=O)N1CCCC1C(=O)N[C@H](C(=O)N[C@@H](CCCC)C(=O)NC1CC(C)(C)N(O)C(C)(C)C1)C(C)C. The molecule has 2 fully saturated rings. The second kappa shape index (κ2) is 16.0. The molecule has 0 radical (unpaired) electrons. The molecule has 1 aromatic carbocycles. The molecule has 1 unspecified atom stereocenters. The van der Waals surface area contributed by atoms with Gasteiger partial charge in [0, 0.05) is 23.7 Å². The molecule has 1 aromatic rings. The van der Waals surface area contributed by atoms with Crippen molar-refractivity contribution in [3.63, 3.8) is 0 Å². The number of piperidine rings is 1. The van der Waals surface area contributed by atoms with E-state index in [4.69, 9.17) is 0 Å². The lowest BCUT2D eigenvalue weighted by Crippen LogP contribution is -2.64. The van der Waals surface area contributed by atoms with Crippen molar-refractivity contribution in [3.8, 4) is 0 Å². The van der Waals surface area contributed by atoms with E-state index in [9.17, 15) is 24.4 Å². The fourth-order valence-corrected chi connectivity index (χ4v) is 7.05. The third kappa shape index (κ3) is 9.41. The van der Waals surface area contributed by atoms with Crippen LogP contribution in [0.4, 0.5) is 0 Å². The molecule has 2 aliphatic rings. The van der Waals surface area contributed by atoms with Gasteiger partial charge in [-0.25, -0.2) is 0 Å². The van der Waals surface area contributed by atoms with Gasteiger partial charge in [-0.3, -0.25) is 19.2 Å². The normalized spacial score (nSPS) is 21.7. The fraction of sp³-hybridized carbons (Fsp3) is 0.667. The predicted molar refractivity (Wildman–Crippen MR) is 180 cm³/mol. The maximum absolute atomic E-state index is 13.7. The number of nitrogens with zero attached hydrogens (tertiary/aromatic N) is 2. The second-order valence-electron chi connectivity index (χ2n) is 14.7. The highest BCUT2D eigenvalue weighted by molar-refractivity contribution is 5.95. The van der Waals surface area contributed by atoms with Crippen LogP contribution in [-0.2, 0) is 25.6 Å². The third-order valence-electron chi connectivity index (χ3n) is 9.45. The topological polar surface area (TPSA) is 131 Å². The minimum absolute atomic E-state index is 0.142. The summed E-state index contributed by atoms with van der Waals surface area (Å²) in [6.07, 6.45) is 6.54. The molecule has 4 atom stereocenters. The Kier molecular flexibility index (Phi) is 13.0. The summed E-state index contributed by atoms with van der Waals surface area (Å²) in [6.45, 7) is 17.9. The van der Waals surface area contributed by atoms with E-state index in [1.165, 1.54) is 5.06 Å². The Bertz CT molecular complexity index is 1200. The maximum Gasteiger partial charge on any atom is 0.243 e. The molecule has 2 heterocycles. The molecule has 0 bridgehead atoms. The number of amides is 4. The average molecular weight is 640 g/mol. The van der Waals surface area contributed by atoms with Crippen LogP contribution in [0.25, 0.3) is 0 Å². The van der Waals surface area contributed by atoms with Crippen molar-refractivity contribution in [3.05, 3.63) is 48.6 Å². The highest BCUT2D eigenvalue weighted by Crippen LogP contribution is 2.36. The number of likely N-dealkylation sites (tertiary alicyclic amines) is 1. The Morgan fingerprint density at radius 1 is 1.02 bits per heavy atom. The summed E-state index contributed by atoms with van der Waals surface area (Å²) in [4.78, 5) is 56.1. The number of rotatable bonds is 14. The van der Waals surface area contributed by atoms with Crippen LogP contribution in [0.2, 0.25) is 0 Å². The lowest BCUT2D eigenvalue weighted by atomic mass is 9.79. The van der Waals surface area contributed by atoms with Crippen molar-refractivity contribution < 1.29 is 24.4 Å². The van der Waals surface area contributed by atoms with Crippen LogP contribution < -0.4 is 16.0 Å². The predicted octanol–water partition coefficient (Wildman–Crippen LogP) is 4.37. The Morgan fingerprint density at radius 2 is 1.65 bits per heavy atom. The van der Waals surface area contributed by atoms with Crippen molar-refractivity contribution in [2.45, 2.75) is 135 Å². The second-order valence-corrected chi connectivity index (χ2v) is 14.7. The van der Waals surface area contributed by atoms with Gasteiger partial charge in [0.1, 0.15) is 18.1 Å². The van der Waals surface area contributed by atoms with E-state index >= 15 is 0 Å². The Morgan fingerprint density at radius 3 is 2.22 bits per heavy atom. The molecule has 0 aromatic heterocycles. The first kappa shape index (κ1) is 37.2. The fourth-order valence-electron chi connectivity index (χ4n) is 7.05. The van der Waals surface area contributed by atoms with Gasteiger partial charge in [-0.15, -0.1) is 6.58 Å². The molecule has 3 rings (SSSR count). The zero-order valence-corrected chi connectivity index (χ0v) is 29.0. The summed E-state index contributed by atoms with van der Waals surface area (Å²) in [5, 5.41) is 21.0. The number of hydroxylamine groups is 2. The third-order valence-corrected chi connectivity index (χ3v) is 9.45. The molecule has 2 saturated heterocycles. The molecule has 0 saturated carbocycles. The van der Waals surface area contributed by atoms with E-state index in [2.05, 4.69) is 22.5 Å². The highest BCUT2D eigenvalue weighted by atomic mass is 16.5. The van der Waals surface area contributed by atoms with Gasteiger partial charge in [0.15, 0.2) is 0 Å². The average Bonchev–Trinajstić information content (AvgIpc) is 3.49. The highest BCUT2D eigenvalue weighted by Gasteiger charge is 2.46. The van der Waals surface area contributed by atoms with Crippen LogP contribution in [0.1, 0.15) is 99.0 Å². The monoisotopic (exact) mass is 639 g/mol. The van der Waals surface area contributed by atoms with Crippen LogP contribution in [-0.4, -0.2) is 80.6 Å². The van der Waals surface area contributed by atoms with Gasteiger partial charge in [0.25, 0.3) is 0 Å². The molecule has 10 nitrogen and oxygen atoms in total. The van der Waals surface area contributed by atoms with Crippen LogP contribution in [0.5, 0.6) is 0 Å². The number of carbonyl (C=O) groups excluding carboxylic acids is 4. The van der Waals surface area contributed by atoms with Gasteiger partial charge in [0.2, 0.25) is 23.6 Å². The van der Waals surface area contributed by atoms with Crippen LogP contribution in [0.3, 0.4) is 0 Å². The van der Waals surface area contributed by atoms with Crippen molar-refractivity contribution in [2.24, 2.45) is 11.8 Å². The minimum atomic E-state index is -0.878. The quantitative estimate of drug-likeness (QED) is 0.224. The summed E-state index contributed by atoms with van der Waals surface area (Å²) >= 11 is 0. The summed E-state index contributed by atoms with van der Waals surface area (Å²) < 4.78 is 0. The lowest BCUT2D eigenvalue weighted by molar-refractivity contribution is -0.246. The van der Waals surface area contributed by atoms with Crippen LogP contribution in [0.15, 0.2) is 43.0 Å². The first-order valence-electron chi connectivity index (χ1n) is 17.0. The van der Waals surface area contributed by atoms with Gasteiger partial charge in [0.05, 0.1) is 5.92 Å². The van der Waals surface area contributed by atoms with E-state index in [1.807, 2.05) is 78.8 Å². The van der Waals surface area contributed by atoms with Crippen LogP contribution in [0, 0.1) is 11.8 Å². The van der Waals surface area contributed by atoms with Gasteiger partial charge in [-0.2, -0.15) is 5.06 Å². The lowest BCUT2D eigenvalue weighted by Gasteiger charge is -2.51. The molecule has 0 aliphatic carbocycles. The van der Waals surface area contributed by atoms with E-state index in [0.717, 1.165) is 18.4 Å². The van der Waals surface area contributed by atoms with E-state index in [-0.39, 0.29) is 29.7 Å². The number of carbonyl (C=O) groups is 4. The number of unbranched alkanes of at least 4 members (excludes halogenated alkanes) is 1. The Balaban J connectivity index is 1.68. The van der Waals surface area contributed by atoms with E-state index in [0.29, 0.717) is 45.1 Å². The summed E-state index contributed by atoms with van der Waals surface area (Å²) in [6, 6.07) is 7.24. The summed E-state index contributed by atoms with van der Waals surface area (Å²) in [5.74, 6) is -1.90. The standard InChI is InChI=1S/C36H57N5O5/c1-9-11-18-28(31(42)37-27-22-35(5,6)41(46)36(7,8)23-27)38-33(44)30(24(3)4)39-32(43)29-19-15-20-40(29)34(45)26(10-2)21-25-16-13-12-14-17-25/h10,12-14,16-17,24,26-30,46H,2,9,11,15,18-23H2,1,3-8H3,(H,37,42)(H,38,44)(H,39,43)/t26-,28+,29?,30+/m1/s1. The Labute approximate surface area is 275 Å². The van der Waals surface area contributed by atoms with Gasteiger partial charge < -0.3 is 26.1 Å². The van der Waals surface area contributed by atoms with Crippen molar-refractivity contribution in [2.75, 3.05) is 6.54 Å². The van der Waals surface area contributed by atoms with Gasteiger partial charge in [-0.1, -0.05) is 70.0 Å². The molecular weight excluding hydrogens is 582 g/mol. The first-order valence-corrected chi connectivity index (χ1v) is 17.0. The number of hydrogen-bond acceptors (Lipinski definition) is 6. The van der Waals surface area contributed by atoms with Gasteiger partial charge in [-0.05, 0) is 77.7 Å². The summed E-state index contributed by atoms with van der Waals surface area (Å²) in [7, 11) is 0. The first-order chi connectivity index (χ1) is 21.6. The van der Waals surface area contributed by atoms with Crippen molar-refractivity contribution >= 4 is 23.6 Å². The zero-order chi connectivity index (χ0) is 34.2. The van der Waals surface area contributed by atoms with Crippen molar-refractivity contribution in [1.29, 1.82) is 0 Å². The van der Waals surface area contributed by atoms with E-state index < -0.39 is 41.0 Å². The zero-order valence-electron chi connectivity index (χ0n) is 29.0. The largest absolute Gasteiger partial charge is 0.351 e. The number of benzene rings is 1. The molecular formula is C36H57N5O5. The molecule has 10 heteroatoms. The Hall–Kier alpha value is -3.24. The minimum Gasteiger partial charge on any atom is -0.351 e. The maximum atomic E-state index is 13.7. The molecule has 2 aliphatic heterocycles. The van der Waals surface area contributed by atoms with Crippen molar-refractivity contribution in [1.82, 2.24) is 25.9 Å². The smallest absolute Gasteiger partial charge is 0.243 e. The summed E-state index contributed by atoms with van der Waals surface area (Å²) in [5.41, 5.74) is -0.0414.